The van der Waals surface area contributed by atoms with Crippen LogP contribution in [0.1, 0.15) is 30.2 Å². The molecule has 1 heterocycles. The van der Waals surface area contributed by atoms with E-state index in [1.165, 1.54) is 34.5 Å². The van der Waals surface area contributed by atoms with Crippen LogP contribution < -0.4 is 10.9 Å². The van der Waals surface area contributed by atoms with E-state index in [-0.39, 0.29) is 23.7 Å². The lowest BCUT2D eigenvalue weighted by atomic mass is 10.1. The summed E-state index contributed by atoms with van der Waals surface area (Å²) in [6, 6.07) is 13.4. The standard InChI is InChI=1S/C21H22FN3O2/c1-3-15-4-8-17(9-5-15)23-20(26)13-12-19-14(2)24-25(21(19)27)18-10-6-16(22)7-11-18/h4-11,24H,3,12-13H2,1-2H3,(H,23,26). The van der Waals surface area contributed by atoms with E-state index >= 15 is 0 Å². The molecule has 3 rings (SSSR count). The number of carbonyl (C=O) groups is 1. The number of aromatic amines is 1. The number of aromatic nitrogens is 2. The number of nitrogens with zero attached hydrogens (tertiary/aromatic N) is 1. The van der Waals surface area contributed by atoms with Crippen molar-refractivity contribution in [2.24, 2.45) is 0 Å². The molecule has 0 saturated heterocycles. The second-order valence-corrected chi connectivity index (χ2v) is 6.43. The van der Waals surface area contributed by atoms with Gasteiger partial charge in [0.2, 0.25) is 5.91 Å². The van der Waals surface area contributed by atoms with E-state index in [1.54, 1.807) is 6.92 Å². The number of H-pyrrole nitrogens is 1. The van der Waals surface area contributed by atoms with Crippen molar-refractivity contribution in [1.29, 1.82) is 0 Å². The number of hydrogen-bond acceptors (Lipinski definition) is 2. The predicted octanol–water partition coefficient (Wildman–Crippen LogP) is 3.75. The summed E-state index contributed by atoms with van der Waals surface area (Å²) < 4.78 is 14.4. The first-order valence-electron chi connectivity index (χ1n) is 8.93. The average molecular weight is 367 g/mol. The van der Waals surface area contributed by atoms with Crippen LogP contribution >= 0.6 is 0 Å². The van der Waals surface area contributed by atoms with Crippen LogP contribution in [0, 0.1) is 12.7 Å². The molecule has 0 spiro atoms. The van der Waals surface area contributed by atoms with Gasteiger partial charge >= 0.3 is 0 Å². The van der Waals surface area contributed by atoms with E-state index in [0.717, 1.165) is 12.1 Å². The fourth-order valence-corrected chi connectivity index (χ4v) is 2.93. The van der Waals surface area contributed by atoms with Gasteiger partial charge in [-0.25, -0.2) is 9.07 Å². The lowest BCUT2D eigenvalue weighted by molar-refractivity contribution is -0.116. The van der Waals surface area contributed by atoms with Crippen molar-refractivity contribution < 1.29 is 9.18 Å². The number of amides is 1. The molecule has 1 aromatic heterocycles. The average Bonchev–Trinajstić information content (AvgIpc) is 2.95. The van der Waals surface area contributed by atoms with Crippen LogP contribution in [0.15, 0.2) is 53.3 Å². The number of nitrogens with one attached hydrogen (secondary N) is 2. The van der Waals surface area contributed by atoms with Gasteiger partial charge in [0.15, 0.2) is 0 Å². The Morgan fingerprint density at radius 1 is 1.11 bits per heavy atom. The van der Waals surface area contributed by atoms with E-state index in [9.17, 15) is 14.0 Å². The summed E-state index contributed by atoms with van der Waals surface area (Å²) in [6.45, 7) is 3.86. The molecule has 1 amide bonds. The van der Waals surface area contributed by atoms with E-state index in [2.05, 4.69) is 17.3 Å². The Morgan fingerprint density at radius 3 is 2.41 bits per heavy atom. The molecule has 2 aromatic carbocycles. The van der Waals surface area contributed by atoms with Crippen molar-refractivity contribution in [3.05, 3.63) is 81.5 Å². The summed E-state index contributed by atoms with van der Waals surface area (Å²) in [5, 5.41) is 5.83. The second-order valence-electron chi connectivity index (χ2n) is 6.43. The van der Waals surface area contributed by atoms with Crippen LogP contribution in [0.2, 0.25) is 0 Å². The number of halogens is 1. The molecule has 0 radical (unpaired) electrons. The fraction of sp³-hybridized carbons (Fsp3) is 0.238. The molecule has 140 valence electrons. The highest BCUT2D eigenvalue weighted by Gasteiger charge is 2.14. The van der Waals surface area contributed by atoms with Gasteiger partial charge in [0, 0.05) is 23.4 Å². The van der Waals surface area contributed by atoms with E-state index in [4.69, 9.17) is 0 Å². The van der Waals surface area contributed by atoms with Crippen molar-refractivity contribution in [3.63, 3.8) is 0 Å². The van der Waals surface area contributed by atoms with Crippen LogP contribution in [-0.2, 0) is 17.6 Å². The summed E-state index contributed by atoms with van der Waals surface area (Å²) in [4.78, 5) is 24.8. The number of anilines is 1. The minimum atomic E-state index is -0.362. The number of benzene rings is 2. The maximum absolute atomic E-state index is 13.1. The largest absolute Gasteiger partial charge is 0.326 e. The predicted molar refractivity (Wildman–Crippen MR) is 104 cm³/mol. The van der Waals surface area contributed by atoms with Gasteiger partial charge in [-0.1, -0.05) is 19.1 Å². The van der Waals surface area contributed by atoms with E-state index in [1.807, 2.05) is 24.3 Å². The maximum atomic E-state index is 13.1. The zero-order valence-corrected chi connectivity index (χ0v) is 15.4. The Kier molecular flexibility index (Phi) is 5.54. The Balaban J connectivity index is 1.67. The summed E-state index contributed by atoms with van der Waals surface area (Å²) in [6.07, 6.45) is 1.47. The van der Waals surface area contributed by atoms with Crippen molar-refractivity contribution in [3.8, 4) is 5.69 Å². The van der Waals surface area contributed by atoms with Crippen LogP contribution in [0.25, 0.3) is 5.69 Å². The lowest BCUT2D eigenvalue weighted by Crippen LogP contribution is -2.19. The van der Waals surface area contributed by atoms with E-state index in [0.29, 0.717) is 23.4 Å². The first-order valence-corrected chi connectivity index (χ1v) is 8.93. The Labute approximate surface area is 156 Å². The molecule has 2 N–H and O–H groups in total. The highest BCUT2D eigenvalue weighted by atomic mass is 19.1. The monoisotopic (exact) mass is 367 g/mol. The lowest BCUT2D eigenvalue weighted by Gasteiger charge is -2.05. The first-order chi connectivity index (χ1) is 13.0. The Hall–Kier alpha value is -3.15. The molecule has 6 heteroatoms. The molecular weight excluding hydrogens is 345 g/mol. The molecule has 0 aliphatic carbocycles. The maximum Gasteiger partial charge on any atom is 0.274 e. The molecule has 27 heavy (non-hydrogen) atoms. The zero-order chi connectivity index (χ0) is 19.4. The molecule has 5 nitrogen and oxygen atoms in total. The second kappa shape index (κ2) is 8.03. The van der Waals surface area contributed by atoms with Gasteiger partial charge in [-0.15, -0.1) is 0 Å². The molecule has 0 aliphatic heterocycles. The zero-order valence-electron chi connectivity index (χ0n) is 15.4. The minimum Gasteiger partial charge on any atom is -0.326 e. The van der Waals surface area contributed by atoms with Crippen LogP contribution in [0.3, 0.4) is 0 Å². The number of rotatable bonds is 6. The molecule has 0 fully saturated rings. The third kappa shape index (κ3) is 4.34. The van der Waals surface area contributed by atoms with Gasteiger partial charge in [0.05, 0.1) is 5.69 Å². The fourth-order valence-electron chi connectivity index (χ4n) is 2.93. The molecule has 0 aliphatic rings. The quantitative estimate of drug-likeness (QED) is 0.697. The van der Waals surface area contributed by atoms with Crippen molar-refractivity contribution in [2.45, 2.75) is 33.1 Å². The summed E-state index contributed by atoms with van der Waals surface area (Å²) in [5.74, 6) is -0.508. The molecule has 3 aromatic rings. The third-order valence-corrected chi connectivity index (χ3v) is 4.53. The Morgan fingerprint density at radius 2 is 1.78 bits per heavy atom. The van der Waals surface area contributed by atoms with E-state index < -0.39 is 0 Å². The summed E-state index contributed by atoms with van der Waals surface area (Å²) in [5.41, 5.74) is 3.53. The normalized spacial score (nSPS) is 10.8. The molecule has 0 unspecified atom stereocenters. The summed E-state index contributed by atoms with van der Waals surface area (Å²) >= 11 is 0. The van der Waals surface area contributed by atoms with Crippen LogP contribution in [0.4, 0.5) is 10.1 Å². The SMILES string of the molecule is CCc1ccc(NC(=O)CCc2c(C)[nH]n(-c3ccc(F)cc3)c2=O)cc1. The van der Waals surface area contributed by atoms with Gasteiger partial charge < -0.3 is 5.32 Å². The first kappa shape index (κ1) is 18.6. The molecular formula is C21H22FN3O2. The van der Waals surface area contributed by atoms with Gasteiger partial charge in [-0.2, -0.15) is 0 Å². The topological polar surface area (TPSA) is 66.9 Å². The number of hydrogen-bond donors (Lipinski definition) is 2. The van der Waals surface area contributed by atoms with Gasteiger partial charge in [0.1, 0.15) is 5.82 Å². The highest BCUT2D eigenvalue weighted by Crippen LogP contribution is 2.12. The molecule has 0 saturated carbocycles. The van der Waals surface area contributed by atoms with Gasteiger partial charge in [-0.05, 0) is 61.7 Å². The number of carbonyl (C=O) groups excluding carboxylic acids is 1. The number of aryl methyl sites for hydroxylation is 2. The third-order valence-electron chi connectivity index (χ3n) is 4.53. The summed E-state index contributed by atoms with van der Waals surface area (Å²) in [7, 11) is 0. The van der Waals surface area contributed by atoms with Crippen molar-refractivity contribution >= 4 is 11.6 Å². The Bertz CT molecular complexity index is 986. The molecule has 0 bridgehead atoms. The van der Waals surface area contributed by atoms with Gasteiger partial charge in [0.25, 0.3) is 5.56 Å². The van der Waals surface area contributed by atoms with Gasteiger partial charge in [-0.3, -0.25) is 14.7 Å². The van der Waals surface area contributed by atoms with Crippen molar-refractivity contribution in [2.75, 3.05) is 5.32 Å². The minimum absolute atomic E-state index is 0.146. The van der Waals surface area contributed by atoms with Crippen LogP contribution in [0.5, 0.6) is 0 Å². The van der Waals surface area contributed by atoms with Crippen molar-refractivity contribution in [1.82, 2.24) is 9.78 Å². The highest BCUT2D eigenvalue weighted by molar-refractivity contribution is 5.90. The smallest absolute Gasteiger partial charge is 0.274 e. The molecule has 0 atom stereocenters. The van der Waals surface area contributed by atoms with Crippen LogP contribution in [-0.4, -0.2) is 15.7 Å².